The number of carbonyl (C=O) groups is 1. The molecule has 0 spiro atoms. The van der Waals surface area contributed by atoms with Gasteiger partial charge in [-0.2, -0.15) is 0 Å². The van der Waals surface area contributed by atoms with Crippen molar-refractivity contribution in [2.45, 2.75) is 61.2 Å². The smallest absolute Gasteiger partial charge is 0.238 e. The van der Waals surface area contributed by atoms with E-state index in [4.69, 9.17) is 9.56 Å². The molecule has 3 aromatic rings. The van der Waals surface area contributed by atoms with Gasteiger partial charge in [0.25, 0.3) is 0 Å². The molecular formula is C22H27N5O4S2. The van der Waals surface area contributed by atoms with Gasteiger partial charge in [0.2, 0.25) is 21.8 Å². The second kappa shape index (κ2) is 10.1. The summed E-state index contributed by atoms with van der Waals surface area (Å²) in [5.74, 6) is 1.39. The molecular weight excluding hydrogens is 462 g/mol. The highest BCUT2D eigenvalue weighted by atomic mass is 32.2. The van der Waals surface area contributed by atoms with E-state index in [1.807, 2.05) is 19.1 Å². The number of aromatic nitrogens is 3. The maximum absolute atomic E-state index is 12.6. The normalized spacial score (nSPS) is 15.9. The topological polar surface area (TPSA) is 133 Å². The molecule has 0 bridgehead atoms. The number of rotatable bonds is 8. The maximum Gasteiger partial charge on any atom is 0.238 e. The number of carbonyl (C=O) groups excluding carboxylic acids is 1. The van der Waals surface area contributed by atoms with Crippen molar-refractivity contribution in [3.8, 4) is 11.6 Å². The number of nitrogens with zero attached hydrogens (tertiary/aromatic N) is 3. The fraction of sp³-hybridized carbons (Fsp3) is 0.409. The van der Waals surface area contributed by atoms with Crippen LogP contribution in [0.5, 0.6) is 0 Å². The summed E-state index contributed by atoms with van der Waals surface area (Å²) in [7, 11) is -3.75. The van der Waals surface area contributed by atoms with Crippen LogP contribution in [0.25, 0.3) is 11.6 Å². The second-order valence-electron chi connectivity index (χ2n) is 8.14. The third kappa shape index (κ3) is 5.66. The van der Waals surface area contributed by atoms with Gasteiger partial charge < -0.3 is 9.73 Å². The zero-order valence-corrected chi connectivity index (χ0v) is 19.9. The first-order valence-corrected chi connectivity index (χ1v) is 13.4. The molecule has 1 amide bonds. The number of thioether (sulfide) groups is 1. The van der Waals surface area contributed by atoms with Crippen molar-refractivity contribution in [3.05, 3.63) is 48.2 Å². The van der Waals surface area contributed by atoms with E-state index in [9.17, 15) is 13.2 Å². The van der Waals surface area contributed by atoms with E-state index in [2.05, 4.69) is 20.1 Å². The number of hydrogen-bond donors (Lipinski definition) is 2. The summed E-state index contributed by atoms with van der Waals surface area (Å²) in [6.07, 6.45) is 7.27. The predicted molar refractivity (Wildman–Crippen MR) is 125 cm³/mol. The number of nitrogens with one attached hydrogen (secondary N) is 1. The number of hydrogen-bond acceptors (Lipinski definition) is 7. The van der Waals surface area contributed by atoms with E-state index in [1.165, 1.54) is 30.3 Å². The molecule has 1 aromatic carbocycles. The zero-order valence-electron chi connectivity index (χ0n) is 18.3. The molecule has 1 aliphatic rings. The summed E-state index contributed by atoms with van der Waals surface area (Å²) < 4.78 is 30.5. The SMILES string of the molecule is CC(NC(=O)CSc1nnc(-c2ccco2)n1C1CCCCC1)c1ccc(S(N)(=O)=O)cc1. The van der Waals surface area contributed by atoms with Crippen LogP contribution >= 0.6 is 11.8 Å². The third-order valence-corrected chi connectivity index (χ3v) is 7.64. The monoisotopic (exact) mass is 489 g/mol. The van der Waals surface area contributed by atoms with Crippen LogP contribution in [0.2, 0.25) is 0 Å². The maximum atomic E-state index is 12.6. The van der Waals surface area contributed by atoms with Gasteiger partial charge in [0, 0.05) is 6.04 Å². The average Bonchev–Trinajstić information content (AvgIpc) is 3.47. The molecule has 2 heterocycles. The van der Waals surface area contributed by atoms with Crippen molar-refractivity contribution in [2.75, 3.05) is 5.75 Å². The highest BCUT2D eigenvalue weighted by Gasteiger charge is 2.25. The summed E-state index contributed by atoms with van der Waals surface area (Å²) in [6.45, 7) is 1.84. The minimum Gasteiger partial charge on any atom is -0.461 e. The van der Waals surface area contributed by atoms with E-state index < -0.39 is 10.0 Å². The first-order valence-electron chi connectivity index (χ1n) is 10.9. The van der Waals surface area contributed by atoms with Crippen LogP contribution in [-0.2, 0) is 14.8 Å². The fourth-order valence-corrected chi connectivity index (χ4v) is 5.39. The lowest BCUT2D eigenvalue weighted by molar-refractivity contribution is -0.119. The lowest BCUT2D eigenvalue weighted by atomic mass is 9.95. The number of amides is 1. The quantitative estimate of drug-likeness (QED) is 0.461. The number of nitrogens with two attached hydrogens (primary N) is 1. The number of benzene rings is 1. The van der Waals surface area contributed by atoms with Gasteiger partial charge in [0.05, 0.1) is 23.0 Å². The Bertz CT molecular complexity index is 1180. The van der Waals surface area contributed by atoms with Crippen LogP contribution in [0.3, 0.4) is 0 Å². The molecule has 1 unspecified atom stereocenters. The molecule has 2 aromatic heterocycles. The molecule has 33 heavy (non-hydrogen) atoms. The molecule has 9 nitrogen and oxygen atoms in total. The average molecular weight is 490 g/mol. The molecule has 4 rings (SSSR count). The Morgan fingerprint density at radius 1 is 1.21 bits per heavy atom. The Labute approximate surface area is 197 Å². The molecule has 1 saturated carbocycles. The summed E-state index contributed by atoms with van der Waals surface area (Å²) in [6, 6.07) is 9.86. The number of primary sulfonamides is 1. The Hall–Kier alpha value is -2.63. The van der Waals surface area contributed by atoms with Crippen LogP contribution in [0, 0.1) is 0 Å². The molecule has 1 fully saturated rings. The Balaban J connectivity index is 1.42. The zero-order chi connectivity index (χ0) is 23.4. The van der Waals surface area contributed by atoms with Crippen LogP contribution in [0.1, 0.15) is 56.7 Å². The molecule has 1 atom stereocenters. The van der Waals surface area contributed by atoms with E-state index in [0.29, 0.717) is 16.7 Å². The molecule has 1 aliphatic carbocycles. The van der Waals surface area contributed by atoms with E-state index in [-0.39, 0.29) is 28.6 Å². The van der Waals surface area contributed by atoms with Crippen molar-refractivity contribution in [1.29, 1.82) is 0 Å². The second-order valence-corrected chi connectivity index (χ2v) is 10.6. The lowest BCUT2D eigenvalue weighted by Gasteiger charge is -2.25. The van der Waals surface area contributed by atoms with E-state index in [0.717, 1.165) is 31.2 Å². The highest BCUT2D eigenvalue weighted by molar-refractivity contribution is 7.99. The summed E-state index contributed by atoms with van der Waals surface area (Å²) in [5.41, 5.74) is 0.784. The predicted octanol–water partition coefficient (Wildman–Crippen LogP) is 3.66. The van der Waals surface area contributed by atoms with Crippen LogP contribution in [0.4, 0.5) is 0 Å². The van der Waals surface area contributed by atoms with Gasteiger partial charge in [0.1, 0.15) is 0 Å². The van der Waals surface area contributed by atoms with Gasteiger partial charge in [-0.25, -0.2) is 13.6 Å². The minimum atomic E-state index is -3.75. The van der Waals surface area contributed by atoms with E-state index >= 15 is 0 Å². The van der Waals surface area contributed by atoms with Crippen molar-refractivity contribution >= 4 is 27.7 Å². The number of sulfonamides is 1. The molecule has 3 N–H and O–H groups in total. The molecule has 0 radical (unpaired) electrons. The summed E-state index contributed by atoms with van der Waals surface area (Å²) >= 11 is 1.35. The Morgan fingerprint density at radius 2 is 1.94 bits per heavy atom. The Morgan fingerprint density at radius 3 is 2.58 bits per heavy atom. The van der Waals surface area contributed by atoms with Crippen LogP contribution < -0.4 is 10.5 Å². The molecule has 0 saturated heterocycles. The van der Waals surface area contributed by atoms with Gasteiger partial charge in [-0.1, -0.05) is 43.2 Å². The van der Waals surface area contributed by atoms with Crippen LogP contribution in [0.15, 0.2) is 57.1 Å². The van der Waals surface area contributed by atoms with Crippen molar-refractivity contribution in [3.63, 3.8) is 0 Å². The van der Waals surface area contributed by atoms with Gasteiger partial charge >= 0.3 is 0 Å². The lowest BCUT2D eigenvalue weighted by Crippen LogP contribution is -2.28. The minimum absolute atomic E-state index is 0.0368. The van der Waals surface area contributed by atoms with Gasteiger partial charge in [-0.3, -0.25) is 9.36 Å². The van der Waals surface area contributed by atoms with Crippen molar-refractivity contribution in [1.82, 2.24) is 20.1 Å². The molecule has 11 heteroatoms. The van der Waals surface area contributed by atoms with Crippen LogP contribution in [-0.4, -0.2) is 34.8 Å². The molecule has 0 aliphatic heterocycles. The standard InChI is InChI=1S/C22H27N5O4S2/c1-15(16-9-11-18(12-10-16)33(23,29)30)24-20(28)14-32-22-26-25-21(19-8-5-13-31-19)27(22)17-6-3-2-4-7-17/h5,8-13,15,17H,2-4,6-7,14H2,1H3,(H,24,28)(H2,23,29,30). The first-order chi connectivity index (χ1) is 15.8. The van der Waals surface area contributed by atoms with Gasteiger partial charge in [0.15, 0.2) is 10.9 Å². The highest BCUT2D eigenvalue weighted by Crippen LogP contribution is 2.35. The van der Waals surface area contributed by atoms with Crippen molar-refractivity contribution < 1.29 is 17.6 Å². The fourth-order valence-electron chi connectivity index (χ4n) is 4.06. The number of furan rings is 1. The third-order valence-electron chi connectivity index (χ3n) is 5.76. The Kier molecular flexibility index (Phi) is 7.20. The summed E-state index contributed by atoms with van der Waals surface area (Å²) in [4.78, 5) is 12.7. The molecule has 176 valence electrons. The first kappa shape index (κ1) is 23.5. The van der Waals surface area contributed by atoms with Crippen molar-refractivity contribution in [2.24, 2.45) is 5.14 Å². The van der Waals surface area contributed by atoms with Gasteiger partial charge in [-0.15, -0.1) is 10.2 Å². The van der Waals surface area contributed by atoms with E-state index in [1.54, 1.807) is 18.4 Å². The van der Waals surface area contributed by atoms with Gasteiger partial charge in [-0.05, 0) is 49.6 Å². The summed E-state index contributed by atoms with van der Waals surface area (Å²) in [5, 5.41) is 17.5. The largest absolute Gasteiger partial charge is 0.461 e.